The topological polar surface area (TPSA) is 29.3 Å². The molecule has 3 rings (SSSR count). The standard InChI is InChI=1S/C16H18N2/c17-15-10-11-18(12-13-6-2-1-3-7-13)16-9-5-4-8-14(15)16/h1-9,15H,10-12,17H2/t15-/m0/s1. The summed E-state index contributed by atoms with van der Waals surface area (Å²) in [5.41, 5.74) is 10.1. The first-order valence-corrected chi connectivity index (χ1v) is 6.48. The molecule has 1 aliphatic rings. The number of rotatable bonds is 2. The Morgan fingerprint density at radius 3 is 2.56 bits per heavy atom. The minimum absolute atomic E-state index is 0.188. The van der Waals surface area contributed by atoms with Crippen LogP contribution < -0.4 is 10.6 Å². The molecule has 1 heterocycles. The second-order valence-electron chi connectivity index (χ2n) is 4.86. The van der Waals surface area contributed by atoms with Crippen LogP contribution in [0.5, 0.6) is 0 Å². The lowest BCUT2D eigenvalue weighted by Gasteiger charge is -2.34. The van der Waals surface area contributed by atoms with E-state index in [0.29, 0.717) is 0 Å². The number of para-hydroxylation sites is 1. The molecule has 0 aliphatic carbocycles. The van der Waals surface area contributed by atoms with Crippen LogP contribution in [0.4, 0.5) is 5.69 Å². The van der Waals surface area contributed by atoms with Gasteiger partial charge in [0.1, 0.15) is 0 Å². The van der Waals surface area contributed by atoms with Gasteiger partial charge in [0, 0.05) is 24.8 Å². The molecule has 0 bridgehead atoms. The van der Waals surface area contributed by atoms with E-state index in [-0.39, 0.29) is 6.04 Å². The molecule has 0 amide bonds. The maximum atomic E-state index is 6.18. The first-order chi connectivity index (χ1) is 8.84. The Balaban J connectivity index is 1.89. The molecule has 2 nitrogen and oxygen atoms in total. The van der Waals surface area contributed by atoms with Crippen molar-refractivity contribution in [3.63, 3.8) is 0 Å². The number of benzene rings is 2. The van der Waals surface area contributed by atoms with Gasteiger partial charge in [-0.2, -0.15) is 0 Å². The zero-order valence-corrected chi connectivity index (χ0v) is 10.4. The highest BCUT2D eigenvalue weighted by molar-refractivity contribution is 5.57. The molecule has 0 unspecified atom stereocenters. The molecule has 2 N–H and O–H groups in total. The van der Waals surface area contributed by atoms with Gasteiger partial charge in [-0.25, -0.2) is 0 Å². The van der Waals surface area contributed by atoms with Gasteiger partial charge >= 0.3 is 0 Å². The smallest absolute Gasteiger partial charge is 0.0429 e. The van der Waals surface area contributed by atoms with E-state index in [9.17, 15) is 0 Å². The SMILES string of the molecule is N[C@H]1CCN(Cc2ccccc2)c2ccccc21. The molecule has 1 aliphatic heterocycles. The van der Waals surface area contributed by atoms with Crippen LogP contribution in [0.15, 0.2) is 54.6 Å². The van der Waals surface area contributed by atoms with Gasteiger partial charge < -0.3 is 10.6 Å². The minimum Gasteiger partial charge on any atom is -0.367 e. The zero-order chi connectivity index (χ0) is 12.4. The van der Waals surface area contributed by atoms with Gasteiger partial charge in [0.05, 0.1) is 0 Å². The molecular formula is C16H18N2. The highest BCUT2D eigenvalue weighted by Gasteiger charge is 2.21. The van der Waals surface area contributed by atoms with Crippen molar-refractivity contribution in [3.05, 3.63) is 65.7 Å². The number of hydrogen-bond acceptors (Lipinski definition) is 2. The van der Waals surface area contributed by atoms with Crippen molar-refractivity contribution >= 4 is 5.69 Å². The lowest BCUT2D eigenvalue weighted by molar-refractivity contribution is 0.590. The average molecular weight is 238 g/mol. The van der Waals surface area contributed by atoms with E-state index in [1.807, 2.05) is 0 Å². The van der Waals surface area contributed by atoms with Gasteiger partial charge in [-0.3, -0.25) is 0 Å². The average Bonchev–Trinajstić information content (AvgIpc) is 2.44. The summed E-state index contributed by atoms with van der Waals surface area (Å²) in [4.78, 5) is 2.42. The van der Waals surface area contributed by atoms with E-state index < -0.39 is 0 Å². The van der Waals surface area contributed by atoms with E-state index in [0.717, 1.165) is 19.5 Å². The number of anilines is 1. The fraction of sp³-hybridized carbons (Fsp3) is 0.250. The van der Waals surface area contributed by atoms with Gasteiger partial charge in [0.15, 0.2) is 0 Å². The Labute approximate surface area is 108 Å². The Hall–Kier alpha value is -1.80. The molecule has 2 heteroatoms. The van der Waals surface area contributed by atoms with Gasteiger partial charge in [-0.1, -0.05) is 48.5 Å². The summed E-state index contributed by atoms with van der Waals surface area (Å²) in [5.74, 6) is 0. The van der Waals surface area contributed by atoms with Gasteiger partial charge in [0.2, 0.25) is 0 Å². The summed E-state index contributed by atoms with van der Waals surface area (Å²) >= 11 is 0. The summed E-state index contributed by atoms with van der Waals surface area (Å²) in [5, 5.41) is 0. The first kappa shape index (κ1) is 11.3. The predicted molar refractivity (Wildman–Crippen MR) is 75.5 cm³/mol. The Kier molecular flexibility index (Phi) is 3.03. The number of hydrogen-bond donors (Lipinski definition) is 1. The van der Waals surface area contributed by atoms with Crippen LogP contribution in [-0.2, 0) is 6.54 Å². The molecule has 0 fully saturated rings. The van der Waals surface area contributed by atoms with Gasteiger partial charge in [-0.15, -0.1) is 0 Å². The van der Waals surface area contributed by atoms with Crippen molar-refractivity contribution in [1.29, 1.82) is 0 Å². The Morgan fingerprint density at radius 1 is 1.00 bits per heavy atom. The maximum Gasteiger partial charge on any atom is 0.0429 e. The maximum absolute atomic E-state index is 6.18. The van der Waals surface area contributed by atoms with Crippen LogP contribution in [0.25, 0.3) is 0 Å². The third-order valence-electron chi connectivity index (χ3n) is 3.60. The van der Waals surface area contributed by atoms with Crippen molar-refractivity contribution < 1.29 is 0 Å². The van der Waals surface area contributed by atoms with Crippen LogP contribution >= 0.6 is 0 Å². The molecular weight excluding hydrogens is 220 g/mol. The van der Waals surface area contributed by atoms with Crippen molar-refractivity contribution in [2.24, 2.45) is 5.73 Å². The monoisotopic (exact) mass is 238 g/mol. The van der Waals surface area contributed by atoms with Crippen LogP contribution in [0.3, 0.4) is 0 Å². The van der Waals surface area contributed by atoms with Crippen molar-refractivity contribution in [2.45, 2.75) is 19.0 Å². The second-order valence-corrected chi connectivity index (χ2v) is 4.86. The van der Waals surface area contributed by atoms with Crippen molar-refractivity contribution in [3.8, 4) is 0 Å². The fourth-order valence-electron chi connectivity index (χ4n) is 2.63. The summed E-state index contributed by atoms with van der Waals surface area (Å²) in [6, 6.07) is 19.3. The van der Waals surface area contributed by atoms with Crippen molar-refractivity contribution in [1.82, 2.24) is 0 Å². The predicted octanol–water partition coefficient (Wildman–Crippen LogP) is 3.10. The van der Waals surface area contributed by atoms with Crippen LogP contribution in [0, 0.1) is 0 Å². The van der Waals surface area contributed by atoms with E-state index in [2.05, 4.69) is 59.5 Å². The molecule has 2 aromatic carbocycles. The number of nitrogens with zero attached hydrogens (tertiary/aromatic N) is 1. The summed E-state index contributed by atoms with van der Waals surface area (Å²) < 4.78 is 0. The van der Waals surface area contributed by atoms with Gasteiger partial charge in [0.25, 0.3) is 0 Å². The third kappa shape index (κ3) is 2.12. The third-order valence-corrected chi connectivity index (χ3v) is 3.60. The second kappa shape index (κ2) is 4.83. The molecule has 92 valence electrons. The molecule has 0 spiro atoms. The molecule has 0 saturated carbocycles. The lowest BCUT2D eigenvalue weighted by Crippen LogP contribution is -2.33. The Morgan fingerprint density at radius 2 is 1.72 bits per heavy atom. The largest absolute Gasteiger partial charge is 0.367 e. The lowest BCUT2D eigenvalue weighted by atomic mass is 9.97. The minimum atomic E-state index is 0.188. The van der Waals surface area contributed by atoms with E-state index in [4.69, 9.17) is 5.73 Å². The zero-order valence-electron chi connectivity index (χ0n) is 10.4. The number of nitrogens with two attached hydrogens (primary N) is 1. The summed E-state index contributed by atoms with van der Waals surface area (Å²) in [6.07, 6.45) is 1.03. The van der Waals surface area contributed by atoms with Crippen LogP contribution in [0.2, 0.25) is 0 Å². The molecule has 2 aromatic rings. The highest BCUT2D eigenvalue weighted by atomic mass is 15.1. The Bertz CT molecular complexity index is 522. The summed E-state index contributed by atoms with van der Waals surface area (Å²) in [6.45, 7) is 2.00. The van der Waals surface area contributed by atoms with Crippen LogP contribution in [-0.4, -0.2) is 6.54 Å². The number of fused-ring (bicyclic) bond motifs is 1. The normalized spacial score (nSPS) is 18.5. The fourth-order valence-corrected chi connectivity index (χ4v) is 2.63. The molecule has 1 atom stereocenters. The van der Waals surface area contributed by atoms with E-state index >= 15 is 0 Å². The first-order valence-electron chi connectivity index (χ1n) is 6.48. The van der Waals surface area contributed by atoms with Gasteiger partial charge in [-0.05, 0) is 23.6 Å². The molecule has 0 radical (unpaired) electrons. The quantitative estimate of drug-likeness (QED) is 0.871. The highest BCUT2D eigenvalue weighted by Crippen LogP contribution is 2.32. The van der Waals surface area contributed by atoms with E-state index in [1.54, 1.807) is 0 Å². The summed E-state index contributed by atoms with van der Waals surface area (Å²) in [7, 11) is 0. The van der Waals surface area contributed by atoms with Crippen LogP contribution in [0.1, 0.15) is 23.6 Å². The molecule has 0 saturated heterocycles. The molecule has 0 aromatic heterocycles. The van der Waals surface area contributed by atoms with E-state index in [1.165, 1.54) is 16.8 Å². The molecule has 18 heavy (non-hydrogen) atoms. The van der Waals surface area contributed by atoms with Crippen molar-refractivity contribution in [2.75, 3.05) is 11.4 Å².